The van der Waals surface area contributed by atoms with E-state index in [1.165, 1.54) is 0 Å². The van der Waals surface area contributed by atoms with Crippen molar-refractivity contribution in [2.24, 2.45) is 0 Å². The Morgan fingerprint density at radius 1 is 0.966 bits per heavy atom. The highest BCUT2D eigenvalue weighted by Crippen LogP contribution is 2.15. The van der Waals surface area contributed by atoms with Crippen molar-refractivity contribution in [2.45, 2.75) is 38.6 Å². The van der Waals surface area contributed by atoms with Gasteiger partial charge in [0.2, 0.25) is 5.91 Å². The molecule has 0 radical (unpaired) electrons. The van der Waals surface area contributed by atoms with Crippen molar-refractivity contribution in [2.75, 3.05) is 13.1 Å². The van der Waals surface area contributed by atoms with Gasteiger partial charge < -0.3 is 15.0 Å². The number of ether oxygens (including phenoxy) is 1. The lowest BCUT2D eigenvalue weighted by Crippen LogP contribution is -2.47. The van der Waals surface area contributed by atoms with E-state index in [9.17, 15) is 14.4 Å². The number of rotatable bonds is 6. The minimum atomic E-state index is -0.371. The molecular formula is C23H26N2O4. The molecule has 6 nitrogen and oxygen atoms in total. The van der Waals surface area contributed by atoms with Gasteiger partial charge in [-0.2, -0.15) is 0 Å². The van der Waals surface area contributed by atoms with Gasteiger partial charge in [0.15, 0.2) is 5.78 Å². The van der Waals surface area contributed by atoms with E-state index < -0.39 is 0 Å². The molecule has 1 aliphatic rings. The van der Waals surface area contributed by atoms with Crippen molar-refractivity contribution in [3.8, 4) is 5.75 Å². The molecule has 2 amide bonds. The second-order valence-corrected chi connectivity index (χ2v) is 7.30. The number of para-hydroxylation sites is 1. The molecule has 0 spiro atoms. The number of nitrogens with one attached hydrogen (secondary N) is 1. The lowest BCUT2D eigenvalue weighted by Gasteiger charge is -2.31. The van der Waals surface area contributed by atoms with E-state index >= 15 is 0 Å². The summed E-state index contributed by atoms with van der Waals surface area (Å²) < 4.78 is 5.35. The van der Waals surface area contributed by atoms with Crippen LogP contribution < -0.4 is 10.1 Å². The summed E-state index contributed by atoms with van der Waals surface area (Å²) >= 11 is 0. The van der Waals surface area contributed by atoms with Gasteiger partial charge in [-0.1, -0.05) is 48.0 Å². The molecule has 0 atom stereocenters. The highest BCUT2D eigenvalue weighted by molar-refractivity contribution is 5.98. The standard InChI is InChI=1S/C23H26N2O4/c1-17-7-9-18(10-8-17)21(26)11-12-22(27)24-19-13-15-25(16-14-19)23(28)29-20-5-3-2-4-6-20/h2-10,19H,11-16H2,1H3,(H,24,27). The largest absolute Gasteiger partial charge is 0.415 e. The first kappa shape index (κ1) is 20.6. The van der Waals surface area contributed by atoms with Gasteiger partial charge in [0, 0.05) is 37.5 Å². The van der Waals surface area contributed by atoms with Gasteiger partial charge in [0.1, 0.15) is 5.75 Å². The van der Waals surface area contributed by atoms with Gasteiger partial charge in [-0.05, 0) is 31.9 Å². The normalized spacial score (nSPS) is 14.3. The lowest BCUT2D eigenvalue weighted by molar-refractivity contribution is -0.122. The lowest BCUT2D eigenvalue weighted by atomic mass is 10.0. The fourth-order valence-corrected chi connectivity index (χ4v) is 3.27. The number of aryl methyl sites for hydroxylation is 1. The number of hydrogen-bond acceptors (Lipinski definition) is 4. The molecule has 2 aromatic carbocycles. The van der Waals surface area contributed by atoms with Crippen LogP contribution in [0, 0.1) is 6.92 Å². The molecule has 1 saturated heterocycles. The number of hydrogen-bond donors (Lipinski definition) is 1. The van der Waals surface area contributed by atoms with Crippen molar-refractivity contribution in [3.63, 3.8) is 0 Å². The van der Waals surface area contributed by atoms with Crippen molar-refractivity contribution in [3.05, 3.63) is 65.7 Å². The van der Waals surface area contributed by atoms with Crippen LogP contribution in [0.15, 0.2) is 54.6 Å². The average molecular weight is 394 g/mol. The van der Waals surface area contributed by atoms with Crippen LogP contribution in [-0.2, 0) is 4.79 Å². The molecule has 6 heteroatoms. The first-order valence-electron chi connectivity index (χ1n) is 9.92. The second-order valence-electron chi connectivity index (χ2n) is 7.30. The Kier molecular flexibility index (Phi) is 7.00. The minimum absolute atomic E-state index is 0.0118. The Labute approximate surface area is 170 Å². The van der Waals surface area contributed by atoms with Gasteiger partial charge in [0.25, 0.3) is 0 Å². The summed E-state index contributed by atoms with van der Waals surface area (Å²) in [5.74, 6) is 0.362. The molecule has 2 aromatic rings. The zero-order chi connectivity index (χ0) is 20.6. The molecule has 3 rings (SSSR count). The highest BCUT2D eigenvalue weighted by atomic mass is 16.6. The molecule has 1 aliphatic heterocycles. The second kappa shape index (κ2) is 9.87. The number of nitrogens with zero attached hydrogens (tertiary/aromatic N) is 1. The summed E-state index contributed by atoms with van der Waals surface area (Å²) in [4.78, 5) is 38.2. The molecule has 0 aliphatic carbocycles. The number of amides is 2. The van der Waals surface area contributed by atoms with E-state index in [0.717, 1.165) is 5.56 Å². The number of piperidine rings is 1. The maximum Gasteiger partial charge on any atom is 0.415 e. The van der Waals surface area contributed by atoms with Crippen LogP contribution in [0.2, 0.25) is 0 Å². The zero-order valence-electron chi connectivity index (χ0n) is 16.6. The summed E-state index contributed by atoms with van der Waals surface area (Å²) in [6.07, 6.45) is 1.33. The molecular weight excluding hydrogens is 368 g/mol. The maximum absolute atomic E-state index is 12.2. The van der Waals surface area contributed by atoms with Crippen molar-refractivity contribution >= 4 is 17.8 Å². The number of benzene rings is 2. The first-order chi connectivity index (χ1) is 14.0. The van der Waals surface area contributed by atoms with Gasteiger partial charge in [-0.25, -0.2) is 4.79 Å². The van der Waals surface area contributed by atoms with E-state index in [2.05, 4.69) is 5.32 Å². The summed E-state index contributed by atoms with van der Waals surface area (Å²) in [5.41, 5.74) is 1.73. The third-order valence-corrected chi connectivity index (χ3v) is 5.02. The van der Waals surface area contributed by atoms with Crippen LogP contribution in [0.25, 0.3) is 0 Å². The topological polar surface area (TPSA) is 75.7 Å². The Balaban J connectivity index is 1.37. The summed E-state index contributed by atoms with van der Waals surface area (Å²) in [6, 6.07) is 16.3. The van der Waals surface area contributed by atoms with Crippen molar-refractivity contribution in [1.29, 1.82) is 0 Å². The Morgan fingerprint density at radius 2 is 1.62 bits per heavy atom. The maximum atomic E-state index is 12.2. The van der Waals surface area contributed by atoms with Gasteiger partial charge >= 0.3 is 6.09 Å². The predicted molar refractivity (Wildman–Crippen MR) is 110 cm³/mol. The smallest absolute Gasteiger partial charge is 0.410 e. The number of Topliss-reactive ketones (excluding diaryl/α,β-unsaturated/α-hetero) is 1. The molecule has 1 fully saturated rings. The molecule has 0 unspecified atom stereocenters. The quantitative estimate of drug-likeness (QED) is 0.758. The van der Waals surface area contributed by atoms with Crippen molar-refractivity contribution in [1.82, 2.24) is 10.2 Å². The minimum Gasteiger partial charge on any atom is -0.410 e. The molecule has 1 heterocycles. The van der Waals surface area contributed by atoms with E-state index in [0.29, 0.717) is 37.2 Å². The number of likely N-dealkylation sites (tertiary alicyclic amines) is 1. The Bertz CT molecular complexity index is 841. The van der Waals surface area contributed by atoms with Crippen molar-refractivity contribution < 1.29 is 19.1 Å². The fourth-order valence-electron chi connectivity index (χ4n) is 3.27. The summed E-state index contributed by atoms with van der Waals surface area (Å²) in [7, 11) is 0. The Hall–Kier alpha value is -3.15. The number of carbonyl (C=O) groups is 3. The van der Waals surface area contributed by atoms with E-state index in [4.69, 9.17) is 4.74 Å². The highest BCUT2D eigenvalue weighted by Gasteiger charge is 2.25. The summed E-state index contributed by atoms with van der Waals surface area (Å²) in [6.45, 7) is 3.02. The van der Waals surface area contributed by atoms with Crippen LogP contribution >= 0.6 is 0 Å². The van der Waals surface area contributed by atoms with Crippen LogP contribution in [0.5, 0.6) is 5.75 Å². The van der Waals surface area contributed by atoms with Crippen LogP contribution in [0.3, 0.4) is 0 Å². The third-order valence-electron chi connectivity index (χ3n) is 5.02. The molecule has 0 aromatic heterocycles. The Morgan fingerprint density at radius 3 is 2.28 bits per heavy atom. The number of carbonyl (C=O) groups excluding carboxylic acids is 3. The number of ketones is 1. The van der Waals surface area contributed by atoms with Crippen LogP contribution in [-0.4, -0.2) is 41.8 Å². The van der Waals surface area contributed by atoms with E-state index in [1.54, 1.807) is 29.2 Å². The predicted octanol–water partition coefficient (Wildman–Crippen LogP) is 3.74. The SMILES string of the molecule is Cc1ccc(C(=O)CCC(=O)NC2CCN(C(=O)Oc3ccccc3)CC2)cc1. The molecule has 152 valence electrons. The fraction of sp³-hybridized carbons (Fsp3) is 0.348. The molecule has 1 N–H and O–H groups in total. The molecule has 29 heavy (non-hydrogen) atoms. The van der Waals surface area contributed by atoms with E-state index in [1.807, 2.05) is 37.3 Å². The zero-order valence-corrected chi connectivity index (χ0v) is 16.6. The van der Waals surface area contributed by atoms with E-state index in [-0.39, 0.29) is 36.7 Å². The van der Waals surface area contributed by atoms with Gasteiger partial charge in [-0.15, -0.1) is 0 Å². The monoisotopic (exact) mass is 394 g/mol. The van der Waals surface area contributed by atoms with Gasteiger partial charge in [0.05, 0.1) is 0 Å². The summed E-state index contributed by atoms with van der Waals surface area (Å²) in [5, 5.41) is 2.97. The first-order valence-corrected chi connectivity index (χ1v) is 9.92. The molecule has 0 bridgehead atoms. The van der Waals surface area contributed by atoms with Gasteiger partial charge in [-0.3, -0.25) is 9.59 Å². The average Bonchev–Trinajstić information content (AvgIpc) is 2.74. The van der Waals surface area contributed by atoms with Crippen LogP contribution in [0.1, 0.15) is 41.6 Å². The van der Waals surface area contributed by atoms with Crippen LogP contribution in [0.4, 0.5) is 4.79 Å². The molecule has 0 saturated carbocycles. The third kappa shape index (κ3) is 6.17.